The minimum atomic E-state index is -0.571. The molecule has 1 fully saturated rings. The molecule has 1 amide bonds. The van der Waals surface area contributed by atoms with Gasteiger partial charge in [-0.3, -0.25) is 4.79 Å². The quantitative estimate of drug-likeness (QED) is 0.797. The molecule has 122 valence electrons. The molecule has 1 aliphatic rings. The molecule has 1 saturated carbocycles. The molecule has 1 aliphatic carbocycles. The number of aliphatic hydroxyl groups is 1. The summed E-state index contributed by atoms with van der Waals surface area (Å²) in [6, 6.07) is 7.91. The third-order valence-corrected chi connectivity index (χ3v) is 5.15. The van der Waals surface area contributed by atoms with E-state index in [0.717, 1.165) is 16.3 Å². The Morgan fingerprint density at radius 1 is 1.48 bits per heavy atom. The predicted octanol–water partition coefficient (Wildman–Crippen LogP) is 1.83. The molecular weight excluding hydrogens is 310 g/mol. The van der Waals surface area contributed by atoms with Crippen molar-refractivity contribution in [3.8, 4) is 10.6 Å². The van der Waals surface area contributed by atoms with E-state index in [1.54, 1.807) is 11.3 Å². The van der Waals surface area contributed by atoms with E-state index in [-0.39, 0.29) is 17.9 Å². The van der Waals surface area contributed by atoms with Gasteiger partial charge in [-0.15, -0.1) is 11.3 Å². The maximum atomic E-state index is 12.1. The zero-order valence-electron chi connectivity index (χ0n) is 13.0. The normalized spacial score (nSPS) is 23.9. The summed E-state index contributed by atoms with van der Waals surface area (Å²) in [6.45, 7) is 2.46. The molecule has 0 spiro atoms. The number of hydrogen-bond acceptors (Lipinski definition) is 5. The Balaban J connectivity index is 1.58. The predicted molar refractivity (Wildman–Crippen MR) is 90.8 cm³/mol. The van der Waals surface area contributed by atoms with Gasteiger partial charge in [0, 0.05) is 22.9 Å². The Hall–Kier alpha value is -1.76. The second kappa shape index (κ2) is 6.78. The smallest absolute Gasteiger partial charge is 0.223 e. The van der Waals surface area contributed by atoms with Crippen molar-refractivity contribution in [1.29, 1.82) is 0 Å². The number of aliphatic hydroxyl groups excluding tert-OH is 1. The average molecular weight is 331 g/mol. The number of thiazole rings is 1. The lowest BCUT2D eigenvalue weighted by atomic mass is 10.1. The first-order valence-electron chi connectivity index (χ1n) is 7.75. The van der Waals surface area contributed by atoms with Crippen molar-refractivity contribution in [2.24, 2.45) is 11.7 Å². The van der Waals surface area contributed by atoms with Crippen LogP contribution in [0.5, 0.6) is 0 Å². The van der Waals surface area contributed by atoms with Crippen LogP contribution in [0.1, 0.15) is 24.1 Å². The largest absolute Gasteiger partial charge is 0.391 e. The van der Waals surface area contributed by atoms with Gasteiger partial charge in [0.25, 0.3) is 0 Å². The molecule has 0 aliphatic heterocycles. The van der Waals surface area contributed by atoms with Crippen molar-refractivity contribution in [3.63, 3.8) is 0 Å². The second-order valence-corrected chi connectivity index (χ2v) is 6.99. The van der Waals surface area contributed by atoms with E-state index >= 15 is 0 Å². The molecule has 5 nitrogen and oxygen atoms in total. The highest BCUT2D eigenvalue weighted by Gasteiger charge is 2.34. The average Bonchev–Trinajstić information content (AvgIpc) is 3.12. The van der Waals surface area contributed by atoms with E-state index in [9.17, 15) is 9.90 Å². The molecule has 3 rings (SSSR count). The van der Waals surface area contributed by atoms with E-state index in [1.165, 1.54) is 5.56 Å². The monoisotopic (exact) mass is 331 g/mol. The van der Waals surface area contributed by atoms with Gasteiger partial charge >= 0.3 is 0 Å². The second-order valence-electron chi connectivity index (χ2n) is 6.13. The summed E-state index contributed by atoms with van der Waals surface area (Å²) in [4.78, 5) is 16.7. The summed E-state index contributed by atoms with van der Waals surface area (Å²) in [7, 11) is 0. The topological polar surface area (TPSA) is 88.2 Å². The van der Waals surface area contributed by atoms with Gasteiger partial charge in [-0.1, -0.05) is 23.8 Å². The van der Waals surface area contributed by atoms with Gasteiger partial charge < -0.3 is 16.2 Å². The number of amides is 1. The fraction of sp³-hybridized carbons (Fsp3) is 0.412. The number of nitrogens with zero attached hydrogens (tertiary/aromatic N) is 1. The number of hydrogen-bond donors (Lipinski definition) is 3. The molecule has 0 unspecified atom stereocenters. The highest BCUT2D eigenvalue weighted by Crippen LogP contribution is 2.26. The maximum absolute atomic E-state index is 12.1. The number of aryl methyl sites for hydroxylation is 1. The van der Waals surface area contributed by atoms with Gasteiger partial charge in [-0.25, -0.2) is 4.98 Å². The molecule has 3 atom stereocenters. The Labute approximate surface area is 139 Å². The number of aromatic nitrogens is 1. The first-order chi connectivity index (χ1) is 11.0. The molecule has 1 aromatic carbocycles. The van der Waals surface area contributed by atoms with Crippen LogP contribution in [0.4, 0.5) is 0 Å². The number of rotatable bonds is 4. The molecule has 1 heterocycles. The van der Waals surface area contributed by atoms with Crippen LogP contribution in [0.25, 0.3) is 10.6 Å². The van der Waals surface area contributed by atoms with Gasteiger partial charge in [-0.2, -0.15) is 0 Å². The standard InChI is InChI=1S/C17H21N3O2S/c1-10-3-2-4-11(5-10)17-20-13(9-23-17)8-19-16(22)12-6-14(18)15(21)7-12/h2-5,9,12,14-15,21H,6-8,18H2,1H3,(H,19,22)/t12-,14+,15+/m0/s1. The number of carbonyl (C=O) groups is 1. The van der Waals surface area contributed by atoms with Crippen LogP contribution >= 0.6 is 11.3 Å². The molecule has 2 aromatic rings. The van der Waals surface area contributed by atoms with Crippen molar-refractivity contribution in [1.82, 2.24) is 10.3 Å². The van der Waals surface area contributed by atoms with E-state index in [4.69, 9.17) is 5.73 Å². The summed E-state index contributed by atoms with van der Waals surface area (Å²) in [5.74, 6) is -0.253. The van der Waals surface area contributed by atoms with Crippen molar-refractivity contribution in [2.45, 2.75) is 38.5 Å². The van der Waals surface area contributed by atoms with E-state index < -0.39 is 6.10 Å². The Morgan fingerprint density at radius 3 is 3.00 bits per heavy atom. The number of benzene rings is 1. The van der Waals surface area contributed by atoms with Gasteiger partial charge in [0.15, 0.2) is 0 Å². The third kappa shape index (κ3) is 3.77. The van der Waals surface area contributed by atoms with Gasteiger partial charge in [0.1, 0.15) is 5.01 Å². The van der Waals surface area contributed by atoms with E-state index in [2.05, 4.69) is 29.4 Å². The molecule has 0 bridgehead atoms. The molecule has 23 heavy (non-hydrogen) atoms. The van der Waals surface area contributed by atoms with Crippen molar-refractivity contribution < 1.29 is 9.90 Å². The van der Waals surface area contributed by atoms with Gasteiger partial charge in [0.05, 0.1) is 18.3 Å². The minimum absolute atomic E-state index is 0.0536. The first-order valence-corrected chi connectivity index (χ1v) is 8.63. The summed E-state index contributed by atoms with van der Waals surface area (Å²) in [5, 5.41) is 15.5. The molecule has 4 N–H and O–H groups in total. The molecule has 6 heteroatoms. The van der Waals surface area contributed by atoms with Gasteiger partial charge in [0.2, 0.25) is 5.91 Å². The molecule has 0 saturated heterocycles. The highest BCUT2D eigenvalue weighted by molar-refractivity contribution is 7.13. The SMILES string of the molecule is Cc1cccc(-c2nc(CNC(=O)[C@H]3C[C@@H](N)[C@H](O)C3)cs2)c1. The van der Waals surface area contributed by atoms with Crippen LogP contribution < -0.4 is 11.1 Å². The van der Waals surface area contributed by atoms with Crippen LogP contribution in [0.3, 0.4) is 0 Å². The highest BCUT2D eigenvalue weighted by atomic mass is 32.1. The zero-order valence-corrected chi connectivity index (χ0v) is 13.8. The number of nitrogens with one attached hydrogen (secondary N) is 1. The molecule has 0 radical (unpaired) electrons. The summed E-state index contributed by atoms with van der Waals surface area (Å²) in [6.07, 6.45) is 0.412. The molecule has 1 aromatic heterocycles. The van der Waals surface area contributed by atoms with Crippen LogP contribution in [0.15, 0.2) is 29.6 Å². The fourth-order valence-corrected chi connectivity index (χ4v) is 3.70. The van der Waals surface area contributed by atoms with Crippen LogP contribution in [-0.4, -0.2) is 28.1 Å². The van der Waals surface area contributed by atoms with Crippen molar-refractivity contribution in [3.05, 3.63) is 40.9 Å². The third-order valence-electron chi connectivity index (χ3n) is 4.21. The van der Waals surface area contributed by atoms with Crippen LogP contribution in [0, 0.1) is 12.8 Å². The van der Waals surface area contributed by atoms with E-state index in [0.29, 0.717) is 19.4 Å². The zero-order chi connectivity index (χ0) is 16.4. The fourth-order valence-electron chi connectivity index (χ4n) is 2.88. The Bertz CT molecular complexity index is 691. The maximum Gasteiger partial charge on any atom is 0.223 e. The number of nitrogens with two attached hydrogens (primary N) is 1. The minimum Gasteiger partial charge on any atom is -0.391 e. The van der Waals surface area contributed by atoms with E-state index in [1.807, 2.05) is 17.5 Å². The lowest BCUT2D eigenvalue weighted by molar-refractivity contribution is -0.125. The number of carbonyl (C=O) groups excluding carboxylic acids is 1. The Kier molecular flexibility index (Phi) is 4.75. The van der Waals surface area contributed by atoms with Crippen LogP contribution in [0.2, 0.25) is 0 Å². The first kappa shape index (κ1) is 16.1. The van der Waals surface area contributed by atoms with Crippen LogP contribution in [-0.2, 0) is 11.3 Å². The summed E-state index contributed by atoms with van der Waals surface area (Å²) in [5.41, 5.74) is 8.90. The van der Waals surface area contributed by atoms with Gasteiger partial charge in [-0.05, 0) is 25.8 Å². The molecular formula is C17H21N3O2S. The summed E-state index contributed by atoms with van der Waals surface area (Å²) >= 11 is 1.57. The lowest BCUT2D eigenvalue weighted by Crippen LogP contribution is -2.30. The lowest BCUT2D eigenvalue weighted by Gasteiger charge is -2.09. The summed E-state index contributed by atoms with van der Waals surface area (Å²) < 4.78 is 0. The van der Waals surface area contributed by atoms with Crippen molar-refractivity contribution in [2.75, 3.05) is 0 Å². The Morgan fingerprint density at radius 2 is 2.30 bits per heavy atom. The van der Waals surface area contributed by atoms with Crippen molar-refractivity contribution >= 4 is 17.2 Å².